The van der Waals surface area contributed by atoms with Crippen molar-refractivity contribution in [3.63, 3.8) is 0 Å². The molecule has 2 saturated heterocycles. The maximum Gasteiger partial charge on any atom is 0.237 e. The number of nitrogens with zero attached hydrogens (tertiary/aromatic N) is 1. The molecule has 2 N–H and O–H groups in total. The van der Waals surface area contributed by atoms with Crippen LogP contribution >= 0.6 is 24.2 Å². The highest BCUT2D eigenvalue weighted by atomic mass is 35.5. The fourth-order valence-electron chi connectivity index (χ4n) is 3.44. The van der Waals surface area contributed by atoms with E-state index in [1.54, 1.807) is 11.8 Å². The monoisotopic (exact) mass is 391 g/mol. The fourth-order valence-corrected chi connectivity index (χ4v) is 4.54. The number of carbonyl (C=O) groups excluding carboxylic acids is 2. The molecule has 0 aliphatic carbocycles. The Morgan fingerprint density at radius 2 is 2.12 bits per heavy atom. The summed E-state index contributed by atoms with van der Waals surface area (Å²) in [5.74, 6) is 1.84. The predicted octanol–water partition coefficient (Wildman–Crippen LogP) is 2.44. The largest absolute Gasteiger partial charge is 0.354 e. The highest BCUT2D eigenvalue weighted by molar-refractivity contribution is 8.00. The summed E-state index contributed by atoms with van der Waals surface area (Å²) in [6.45, 7) is 7.50. The van der Waals surface area contributed by atoms with Crippen LogP contribution < -0.4 is 10.6 Å². The van der Waals surface area contributed by atoms with Gasteiger partial charge in [0, 0.05) is 19.6 Å². The zero-order chi connectivity index (χ0) is 17.4. The Bertz CT molecular complexity index is 419. The molecule has 2 heterocycles. The third-order valence-electron chi connectivity index (χ3n) is 4.99. The van der Waals surface area contributed by atoms with Crippen LogP contribution in [0.1, 0.15) is 52.4 Å². The number of nitrogens with one attached hydrogen (secondary N) is 2. The molecule has 0 bridgehead atoms. The van der Waals surface area contributed by atoms with Gasteiger partial charge >= 0.3 is 0 Å². The van der Waals surface area contributed by atoms with Gasteiger partial charge < -0.3 is 15.5 Å². The summed E-state index contributed by atoms with van der Waals surface area (Å²) in [5.41, 5.74) is 0. The fraction of sp³-hybridized carbons (Fsp3) is 0.889. The zero-order valence-corrected chi connectivity index (χ0v) is 17.2. The van der Waals surface area contributed by atoms with Gasteiger partial charge in [-0.15, -0.1) is 24.2 Å². The summed E-state index contributed by atoms with van der Waals surface area (Å²) in [6.07, 6.45) is 6.51. The first kappa shape index (κ1) is 22.6. The van der Waals surface area contributed by atoms with Gasteiger partial charge in [-0.25, -0.2) is 0 Å². The molecule has 0 aromatic rings. The molecule has 5 nitrogen and oxygen atoms in total. The molecule has 0 aromatic carbocycles. The van der Waals surface area contributed by atoms with Crippen molar-refractivity contribution < 1.29 is 9.59 Å². The lowest BCUT2D eigenvalue weighted by Crippen LogP contribution is -2.48. The van der Waals surface area contributed by atoms with Crippen LogP contribution in [0.4, 0.5) is 0 Å². The van der Waals surface area contributed by atoms with Crippen molar-refractivity contribution in [2.75, 3.05) is 31.9 Å². The van der Waals surface area contributed by atoms with E-state index in [-0.39, 0.29) is 35.5 Å². The van der Waals surface area contributed by atoms with Crippen LogP contribution in [0.2, 0.25) is 0 Å². The third-order valence-corrected chi connectivity index (χ3v) is 6.21. The number of piperidine rings is 1. The van der Waals surface area contributed by atoms with Crippen LogP contribution in [0.15, 0.2) is 0 Å². The van der Waals surface area contributed by atoms with E-state index in [9.17, 15) is 9.59 Å². The molecule has 2 aliphatic rings. The maximum atomic E-state index is 12.6. The molecule has 3 atom stereocenters. The molecule has 2 amide bonds. The van der Waals surface area contributed by atoms with Crippen LogP contribution in [0.5, 0.6) is 0 Å². The van der Waals surface area contributed by atoms with Crippen LogP contribution in [0.3, 0.4) is 0 Å². The Morgan fingerprint density at radius 1 is 1.32 bits per heavy atom. The lowest BCUT2D eigenvalue weighted by molar-refractivity contribution is -0.132. The minimum atomic E-state index is -0.0127. The van der Waals surface area contributed by atoms with Crippen molar-refractivity contribution in [1.82, 2.24) is 15.5 Å². The molecule has 0 aromatic heterocycles. The SMILES string of the molecule is CCCCSC(C)C(=O)N1CCCC(CNC(=O)C2CCCN2)C1.Cl. The number of carbonyl (C=O) groups is 2. The molecule has 2 aliphatic heterocycles. The normalized spacial score (nSPS) is 24.5. The summed E-state index contributed by atoms with van der Waals surface area (Å²) >= 11 is 1.77. The van der Waals surface area contributed by atoms with Crippen molar-refractivity contribution in [2.45, 2.75) is 63.7 Å². The number of halogens is 1. The van der Waals surface area contributed by atoms with Crippen molar-refractivity contribution in [2.24, 2.45) is 5.92 Å². The van der Waals surface area contributed by atoms with Gasteiger partial charge in [-0.2, -0.15) is 0 Å². The number of hydrogen-bond donors (Lipinski definition) is 2. The van der Waals surface area contributed by atoms with E-state index in [0.717, 1.165) is 51.1 Å². The van der Waals surface area contributed by atoms with Crippen molar-refractivity contribution in [1.29, 1.82) is 0 Å². The summed E-state index contributed by atoms with van der Waals surface area (Å²) in [7, 11) is 0. The van der Waals surface area contributed by atoms with Gasteiger partial charge in [0.25, 0.3) is 0 Å². The van der Waals surface area contributed by atoms with Crippen LogP contribution in [-0.2, 0) is 9.59 Å². The quantitative estimate of drug-likeness (QED) is 0.624. The number of rotatable bonds is 8. The number of hydrogen-bond acceptors (Lipinski definition) is 4. The highest BCUT2D eigenvalue weighted by Crippen LogP contribution is 2.21. The van der Waals surface area contributed by atoms with E-state index in [2.05, 4.69) is 17.6 Å². The van der Waals surface area contributed by atoms with E-state index in [1.807, 2.05) is 11.8 Å². The van der Waals surface area contributed by atoms with Gasteiger partial charge in [0.05, 0.1) is 11.3 Å². The average Bonchev–Trinajstić information content (AvgIpc) is 3.14. The second-order valence-electron chi connectivity index (χ2n) is 7.05. The third kappa shape index (κ3) is 7.35. The Morgan fingerprint density at radius 3 is 2.80 bits per heavy atom. The number of thioether (sulfide) groups is 1. The molecule has 0 saturated carbocycles. The Balaban J connectivity index is 0.00000312. The molecule has 2 fully saturated rings. The Hall–Kier alpha value is -0.460. The van der Waals surface area contributed by atoms with Crippen LogP contribution in [0, 0.1) is 5.92 Å². The number of likely N-dealkylation sites (tertiary alicyclic amines) is 1. The summed E-state index contributed by atoms with van der Waals surface area (Å²) in [6, 6.07) is -0.0127. The van der Waals surface area contributed by atoms with Crippen molar-refractivity contribution in [3.8, 4) is 0 Å². The van der Waals surface area contributed by atoms with Gasteiger partial charge in [0.15, 0.2) is 0 Å². The number of amides is 2. The summed E-state index contributed by atoms with van der Waals surface area (Å²) in [5, 5.41) is 6.36. The Kier molecular flexibility index (Phi) is 10.9. The summed E-state index contributed by atoms with van der Waals surface area (Å²) < 4.78 is 0. The lowest BCUT2D eigenvalue weighted by Gasteiger charge is -2.34. The zero-order valence-electron chi connectivity index (χ0n) is 15.6. The first-order valence-corrected chi connectivity index (χ1v) is 10.6. The second-order valence-corrected chi connectivity index (χ2v) is 8.50. The van der Waals surface area contributed by atoms with E-state index in [1.165, 1.54) is 12.8 Å². The smallest absolute Gasteiger partial charge is 0.237 e. The molecule has 146 valence electrons. The van der Waals surface area contributed by atoms with Crippen molar-refractivity contribution in [3.05, 3.63) is 0 Å². The van der Waals surface area contributed by atoms with Gasteiger partial charge in [-0.3, -0.25) is 9.59 Å². The number of unbranched alkanes of at least 4 members (excludes halogenated alkanes) is 1. The molecular formula is C18H34ClN3O2S. The van der Waals surface area contributed by atoms with Gasteiger partial charge in [0.1, 0.15) is 0 Å². The topological polar surface area (TPSA) is 61.4 Å². The van der Waals surface area contributed by atoms with Crippen molar-refractivity contribution >= 4 is 36.0 Å². The maximum absolute atomic E-state index is 12.6. The molecule has 0 radical (unpaired) electrons. The second kappa shape index (κ2) is 12.0. The van der Waals surface area contributed by atoms with Gasteiger partial charge in [-0.1, -0.05) is 13.3 Å². The van der Waals surface area contributed by atoms with E-state index < -0.39 is 0 Å². The van der Waals surface area contributed by atoms with Gasteiger partial charge in [0.2, 0.25) is 11.8 Å². The van der Waals surface area contributed by atoms with E-state index in [4.69, 9.17) is 0 Å². The molecule has 7 heteroatoms. The minimum Gasteiger partial charge on any atom is -0.354 e. The van der Waals surface area contributed by atoms with E-state index in [0.29, 0.717) is 12.5 Å². The molecule has 0 spiro atoms. The molecule has 3 unspecified atom stereocenters. The first-order valence-electron chi connectivity index (χ1n) is 9.53. The average molecular weight is 392 g/mol. The standard InChI is InChI=1S/C18H33N3O2S.ClH/c1-3-4-11-24-14(2)18(23)21-10-6-7-15(13-21)12-20-17(22)16-8-5-9-19-16;/h14-16,19H,3-13H2,1-2H3,(H,20,22);1H. The predicted molar refractivity (Wildman–Crippen MR) is 107 cm³/mol. The van der Waals surface area contributed by atoms with Crippen LogP contribution in [0.25, 0.3) is 0 Å². The molecular weight excluding hydrogens is 358 g/mol. The minimum absolute atomic E-state index is 0. The molecule has 2 rings (SSSR count). The molecule has 25 heavy (non-hydrogen) atoms. The van der Waals surface area contributed by atoms with Crippen LogP contribution in [-0.4, -0.2) is 59.9 Å². The summed E-state index contributed by atoms with van der Waals surface area (Å²) in [4.78, 5) is 26.7. The lowest BCUT2D eigenvalue weighted by atomic mass is 9.97. The van der Waals surface area contributed by atoms with Gasteiger partial charge in [-0.05, 0) is 57.2 Å². The highest BCUT2D eigenvalue weighted by Gasteiger charge is 2.28. The Labute approximate surface area is 162 Å². The van der Waals surface area contributed by atoms with E-state index >= 15 is 0 Å². The first-order chi connectivity index (χ1) is 11.6.